The maximum absolute atomic E-state index is 12.5. The lowest BCUT2D eigenvalue weighted by molar-refractivity contribution is -0.142. The van der Waals surface area contributed by atoms with E-state index in [2.05, 4.69) is 36.3 Å². The van der Waals surface area contributed by atoms with Crippen LogP contribution in [0.15, 0.2) is 16.9 Å². The molecule has 26 heavy (non-hydrogen) atoms. The van der Waals surface area contributed by atoms with Crippen LogP contribution in [0.2, 0.25) is 0 Å². The van der Waals surface area contributed by atoms with Crippen LogP contribution in [0.25, 0.3) is 0 Å². The third kappa shape index (κ3) is 4.08. The third-order valence-corrected chi connectivity index (χ3v) is 4.71. The number of rotatable bonds is 3. The minimum atomic E-state index is -4.37. The Hall–Kier alpha value is -2.32. The van der Waals surface area contributed by atoms with Crippen molar-refractivity contribution in [2.45, 2.75) is 52.8 Å². The molecule has 1 aliphatic rings. The number of fused-ring (bicyclic) bond motifs is 1. The molecule has 0 aromatic carbocycles. The Kier molecular flexibility index (Phi) is 4.58. The van der Waals surface area contributed by atoms with E-state index in [9.17, 15) is 18.0 Å². The monoisotopic (exact) mass is 370 g/mol. The Bertz CT molecular complexity index is 802. The van der Waals surface area contributed by atoms with E-state index >= 15 is 0 Å². The van der Waals surface area contributed by atoms with Crippen LogP contribution in [0, 0.1) is 11.3 Å². The number of alkyl halides is 3. The van der Waals surface area contributed by atoms with Gasteiger partial charge in [0.1, 0.15) is 12.3 Å². The number of carbonyl (C=O) groups excluding carboxylic acids is 1. The van der Waals surface area contributed by atoms with Gasteiger partial charge in [-0.1, -0.05) is 25.9 Å². The summed E-state index contributed by atoms with van der Waals surface area (Å²) in [6.07, 6.45) is 0.320. The number of amides is 1. The van der Waals surface area contributed by atoms with Gasteiger partial charge < -0.3 is 9.84 Å². The van der Waals surface area contributed by atoms with Gasteiger partial charge in [-0.25, -0.2) is 0 Å². The van der Waals surface area contributed by atoms with Crippen LogP contribution in [0.5, 0.6) is 0 Å². The topological polar surface area (TPSA) is 73.0 Å². The van der Waals surface area contributed by atoms with Gasteiger partial charge in [0.15, 0.2) is 5.69 Å². The summed E-state index contributed by atoms with van der Waals surface area (Å²) in [7, 11) is 0. The van der Waals surface area contributed by atoms with Crippen molar-refractivity contribution in [3.63, 3.8) is 0 Å². The first-order valence-electron chi connectivity index (χ1n) is 8.41. The van der Waals surface area contributed by atoms with Crippen molar-refractivity contribution in [2.75, 3.05) is 5.32 Å². The average Bonchev–Trinajstić information content (AvgIpc) is 3.10. The molecule has 1 aliphatic carbocycles. The van der Waals surface area contributed by atoms with Gasteiger partial charge in [0.25, 0.3) is 5.91 Å². The number of hydrogen-bond acceptors (Lipinski definition) is 4. The Morgan fingerprint density at radius 3 is 2.77 bits per heavy atom. The van der Waals surface area contributed by atoms with Gasteiger partial charge in [0.05, 0.1) is 11.9 Å². The van der Waals surface area contributed by atoms with Crippen LogP contribution in [0.3, 0.4) is 0 Å². The van der Waals surface area contributed by atoms with E-state index in [0.29, 0.717) is 18.1 Å². The fraction of sp³-hybridized carbons (Fsp3) is 0.588. The van der Waals surface area contributed by atoms with E-state index in [1.165, 1.54) is 6.20 Å². The van der Waals surface area contributed by atoms with Crippen LogP contribution in [-0.4, -0.2) is 27.0 Å². The van der Waals surface area contributed by atoms with Crippen molar-refractivity contribution < 1.29 is 22.5 Å². The summed E-state index contributed by atoms with van der Waals surface area (Å²) in [6, 6.07) is 0. The van der Waals surface area contributed by atoms with Crippen molar-refractivity contribution >= 4 is 11.6 Å². The minimum Gasteiger partial charge on any atom is -0.360 e. The molecule has 0 radical (unpaired) electrons. The van der Waals surface area contributed by atoms with E-state index in [0.717, 1.165) is 29.3 Å². The maximum atomic E-state index is 12.5. The predicted octanol–water partition coefficient (Wildman–Crippen LogP) is 3.84. The highest BCUT2D eigenvalue weighted by molar-refractivity contribution is 6.03. The lowest BCUT2D eigenvalue weighted by Gasteiger charge is -2.33. The molecule has 0 bridgehead atoms. The first-order valence-corrected chi connectivity index (χ1v) is 8.41. The molecule has 2 heterocycles. The van der Waals surface area contributed by atoms with Crippen LogP contribution >= 0.6 is 0 Å². The van der Waals surface area contributed by atoms with Crippen molar-refractivity contribution in [2.24, 2.45) is 11.3 Å². The highest BCUT2D eigenvalue weighted by Crippen LogP contribution is 2.38. The first kappa shape index (κ1) is 18.5. The number of hydrogen-bond donors (Lipinski definition) is 1. The van der Waals surface area contributed by atoms with Crippen LogP contribution in [0.4, 0.5) is 18.9 Å². The SMILES string of the molecule is CC(C)(C)[C@H]1CCc2onc(C(=O)Nc3cnn(CC(F)(F)F)c3)c2C1. The molecular weight excluding hydrogens is 349 g/mol. The smallest absolute Gasteiger partial charge is 0.360 e. The lowest BCUT2D eigenvalue weighted by atomic mass is 9.71. The summed E-state index contributed by atoms with van der Waals surface area (Å²) in [4.78, 5) is 12.5. The van der Waals surface area contributed by atoms with Crippen molar-refractivity contribution in [3.05, 3.63) is 29.4 Å². The van der Waals surface area contributed by atoms with E-state index in [4.69, 9.17) is 4.52 Å². The molecule has 0 aliphatic heterocycles. The van der Waals surface area contributed by atoms with Gasteiger partial charge >= 0.3 is 6.18 Å². The average molecular weight is 370 g/mol. The molecule has 6 nitrogen and oxygen atoms in total. The number of nitrogens with one attached hydrogen (secondary N) is 1. The van der Waals surface area contributed by atoms with Crippen LogP contribution in [0.1, 0.15) is 49.0 Å². The predicted molar refractivity (Wildman–Crippen MR) is 87.7 cm³/mol. The second-order valence-corrected chi connectivity index (χ2v) is 7.73. The number of carbonyl (C=O) groups is 1. The molecule has 1 amide bonds. The molecule has 0 saturated heterocycles. The molecule has 3 rings (SSSR count). The fourth-order valence-corrected chi connectivity index (χ4v) is 3.21. The molecule has 0 fully saturated rings. The van der Waals surface area contributed by atoms with Gasteiger partial charge in [-0.05, 0) is 24.2 Å². The number of halogens is 3. The molecule has 0 spiro atoms. The van der Waals surface area contributed by atoms with Gasteiger partial charge in [-0.2, -0.15) is 18.3 Å². The zero-order chi connectivity index (χ0) is 19.1. The molecular formula is C17H21F3N4O2. The Morgan fingerprint density at radius 2 is 2.12 bits per heavy atom. The van der Waals surface area contributed by atoms with Crippen molar-refractivity contribution in [1.29, 1.82) is 0 Å². The zero-order valence-electron chi connectivity index (χ0n) is 14.9. The van der Waals surface area contributed by atoms with Crippen LogP contribution < -0.4 is 5.32 Å². The third-order valence-electron chi connectivity index (χ3n) is 4.71. The Labute approximate surface area is 148 Å². The second kappa shape index (κ2) is 6.44. The minimum absolute atomic E-state index is 0.0987. The van der Waals surface area contributed by atoms with Gasteiger partial charge in [-0.15, -0.1) is 0 Å². The Balaban J connectivity index is 1.73. The van der Waals surface area contributed by atoms with Crippen molar-refractivity contribution in [1.82, 2.24) is 14.9 Å². The number of anilines is 1. The molecule has 0 saturated carbocycles. The quantitative estimate of drug-likeness (QED) is 0.891. The summed E-state index contributed by atoms with van der Waals surface area (Å²) in [5.74, 6) is 0.607. The normalized spacial score (nSPS) is 17.8. The number of aryl methyl sites for hydroxylation is 1. The zero-order valence-corrected chi connectivity index (χ0v) is 14.9. The molecule has 142 valence electrons. The van der Waals surface area contributed by atoms with Gasteiger partial charge in [0.2, 0.25) is 0 Å². The summed E-state index contributed by atoms with van der Waals surface area (Å²) in [5.41, 5.74) is 1.26. The molecule has 2 aromatic heterocycles. The number of aromatic nitrogens is 3. The van der Waals surface area contributed by atoms with Crippen LogP contribution in [-0.2, 0) is 19.4 Å². The van der Waals surface area contributed by atoms with E-state index in [1.807, 2.05) is 0 Å². The summed E-state index contributed by atoms with van der Waals surface area (Å²) in [5, 5.41) is 10.0. The molecule has 2 aromatic rings. The fourth-order valence-electron chi connectivity index (χ4n) is 3.21. The standard InChI is InChI=1S/C17H21F3N4O2/c1-16(2,3)10-4-5-13-12(6-10)14(23-26-13)15(25)22-11-7-21-24(8-11)9-17(18,19)20/h7-8,10H,4-6,9H2,1-3H3,(H,22,25)/t10-/m0/s1. The van der Waals surface area contributed by atoms with E-state index in [-0.39, 0.29) is 16.8 Å². The molecule has 1 atom stereocenters. The first-order chi connectivity index (χ1) is 12.0. The summed E-state index contributed by atoms with van der Waals surface area (Å²) in [6.45, 7) is 5.26. The Morgan fingerprint density at radius 1 is 1.38 bits per heavy atom. The summed E-state index contributed by atoms with van der Waals surface area (Å²) < 4.78 is 43.2. The maximum Gasteiger partial charge on any atom is 0.408 e. The van der Waals surface area contributed by atoms with E-state index in [1.54, 1.807) is 0 Å². The van der Waals surface area contributed by atoms with Gasteiger partial charge in [0, 0.05) is 18.2 Å². The molecule has 1 N–H and O–H groups in total. The second-order valence-electron chi connectivity index (χ2n) is 7.73. The lowest BCUT2D eigenvalue weighted by Crippen LogP contribution is -2.27. The molecule has 9 heteroatoms. The van der Waals surface area contributed by atoms with Gasteiger partial charge in [-0.3, -0.25) is 9.48 Å². The van der Waals surface area contributed by atoms with E-state index < -0.39 is 18.6 Å². The number of nitrogens with zero attached hydrogens (tertiary/aromatic N) is 3. The van der Waals surface area contributed by atoms with Crippen molar-refractivity contribution in [3.8, 4) is 0 Å². The highest BCUT2D eigenvalue weighted by atomic mass is 19.4. The highest BCUT2D eigenvalue weighted by Gasteiger charge is 2.34. The summed E-state index contributed by atoms with van der Waals surface area (Å²) >= 11 is 0. The largest absolute Gasteiger partial charge is 0.408 e. The molecule has 0 unspecified atom stereocenters.